The Morgan fingerprint density at radius 3 is 2.62 bits per heavy atom. The molecule has 4 aromatic rings. The molecule has 1 aromatic carbocycles. The molecule has 3 aromatic heterocycles. The van der Waals surface area contributed by atoms with E-state index in [0.29, 0.717) is 52.0 Å². The van der Waals surface area contributed by atoms with Gasteiger partial charge in [-0.25, -0.2) is 15.2 Å². The Morgan fingerprint density at radius 1 is 1.12 bits per heavy atom. The van der Waals surface area contributed by atoms with E-state index in [2.05, 4.69) is 61.6 Å². The number of hydrogen-bond acceptors (Lipinski definition) is 11. The lowest BCUT2D eigenvalue weighted by Gasteiger charge is -2.53. The Kier molecular flexibility index (Phi) is 12.8. The van der Waals surface area contributed by atoms with E-state index in [9.17, 15) is 14.4 Å². The number of fused-ring (bicyclic) bond motifs is 6. The molecule has 0 aliphatic carbocycles. The zero-order valence-corrected chi connectivity index (χ0v) is 42.4. The number of aromatic nitrogens is 3. The van der Waals surface area contributed by atoms with Crippen LogP contribution in [0.2, 0.25) is 10.6 Å². The molecule has 4 fully saturated rings. The maximum atomic E-state index is 15.1. The Labute approximate surface area is 405 Å². The molecule has 5 atom stereocenters. The van der Waals surface area contributed by atoms with Crippen LogP contribution in [0.4, 0.5) is 4.79 Å². The Bertz CT molecular complexity index is 2670. The van der Waals surface area contributed by atoms with Crippen LogP contribution in [0.1, 0.15) is 89.6 Å². The van der Waals surface area contributed by atoms with Crippen molar-refractivity contribution in [3.63, 3.8) is 0 Å². The van der Waals surface area contributed by atoms with Gasteiger partial charge in [0.25, 0.3) is 0 Å². The number of hydrogen-bond donors (Lipinski definition) is 1. The van der Waals surface area contributed by atoms with Crippen molar-refractivity contribution < 1.29 is 33.4 Å². The van der Waals surface area contributed by atoms with E-state index in [1.807, 2.05) is 37.1 Å². The van der Waals surface area contributed by atoms with Gasteiger partial charge in [0.15, 0.2) is 5.78 Å². The molecule has 8 heterocycles. The number of carbonyl (C=O) groups excluding carboxylic acids is 5. The first-order valence-electron chi connectivity index (χ1n) is 24.1. The van der Waals surface area contributed by atoms with Crippen LogP contribution in [0.3, 0.4) is 0 Å². The lowest BCUT2D eigenvalue weighted by molar-refractivity contribution is -0.155. The van der Waals surface area contributed by atoms with Crippen LogP contribution in [0.15, 0.2) is 54.6 Å². The molecule has 4 saturated heterocycles. The van der Waals surface area contributed by atoms with Gasteiger partial charge in [0.05, 0.1) is 60.9 Å². The van der Waals surface area contributed by atoms with E-state index < -0.39 is 39.6 Å². The smallest absolute Gasteiger partial charge is 0.324 e. The summed E-state index contributed by atoms with van der Waals surface area (Å²) in [5.74, 6) is -1.21. The molecule has 0 saturated carbocycles. The maximum Gasteiger partial charge on any atom is 0.324 e. The monoisotopic (exact) mass is 960 g/mol. The molecular formula is C51H64N8O7SSi. The van der Waals surface area contributed by atoms with Crippen LogP contribution in [0.25, 0.3) is 33.4 Å². The van der Waals surface area contributed by atoms with Gasteiger partial charge in [0.2, 0.25) is 11.8 Å². The molecule has 1 N–H and O–H groups in total. The number of thiazole rings is 1. The highest BCUT2D eigenvalue weighted by molar-refractivity contribution is 7.10. The van der Waals surface area contributed by atoms with Gasteiger partial charge in [-0.15, -0.1) is 11.3 Å². The first-order chi connectivity index (χ1) is 32.5. The Hall–Kier alpha value is -5.23. The van der Waals surface area contributed by atoms with Gasteiger partial charge in [-0.2, -0.15) is 0 Å². The predicted octanol–water partition coefficient (Wildman–Crippen LogP) is 6.89. The van der Waals surface area contributed by atoms with Gasteiger partial charge in [0.1, 0.15) is 6.04 Å². The third kappa shape index (κ3) is 8.29. The van der Waals surface area contributed by atoms with Crippen molar-refractivity contribution in [1.29, 1.82) is 0 Å². The SMILES string of the molecule is C=CC(=O)N1CC2(CCCN2C(=O)N(C)[C@H](C(=O)C2[Si][C@@]23Cc2nc(cs2)-c2ccc4c(c2)c(c(-c2cccnc2[C@H](C)OC)n4CC)CC(C)(C)COC(=O)[C@@H]2CCCN(N2)C3=O)C(C)C)C1. The van der Waals surface area contributed by atoms with Gasteiger partial charge in [-0.3, -0.25) is 29.2 Å². The molecule has 9 rings (SSSR count). The first kappa shape index (κ1) is 47.8. The highest BCUT2D eigenvalue weighted by atomic mass is 32.1. The number of hydrazine groups is 1. The molecular weight excluding hydrogens is 897 g/mol. The molecule has 68 heavy (non-hydrogen) atoms. The van der Waals surface area contributed by atoms with Crippen LogP contribution in [0, 0.1) is 11.3 Å². The molecule has 1 unspecified atom stereocenters. The summed E-state index contributed by atoms with van der Waals surface area (Å²) in [6, 6.07) is 8.73. The minimum atomic E-state index is -1.12. The minimum absolute atomic E-state index is 0.0495. The summed E-state index contributed by atoms with van der Waals surface area (Å²) in [6.07, 6.45) is 6.34. The highest BCUT2D eigenvalue weighted by Gasteiger charge is 2.67. The summed E-state index contributed by atoms with van der Waals surface area (Å²) in [7, 11) is 3.34. The summed E-state index contributed by atoms with van der Waals surface area (Å²) >= 11 is 1.48. The average Bonchev–Trinajstić information content (AvgIpc) is 3.57. The van der Waals surface area contributed by atoms with Gasteiger partial charge in [-0.05, 0) is 87.8 Å². The van der Waals surface area contributed by atoms with Crippen molar-refractivity contribution in [2.45, 2.75) is 121 Å². The van der Waals surface area contributed by atoms with Crippen molar-refractivity contribution in [3.05, 3.63) is 70.8 Å². The number of ketones is 1. The predicted molar refractivity (Wildman–Crippen MR) is 262 cm³/mol. The van der Waals surface area contributed by atoms with Crippen molar-refractivity contribution in [3.8, 4) is 22.5 Å². The van der Waals surface area contributed by atoms with E-state index in [-0.39, 0.29) is 58.2 Å². The second-order valence-corrected chi connectivity index (χ2v) is 23.3. The van der Waals surface area contributed by atoms with Crippen LogP contribution in [0.5, 0.6) is 0 Å². The number of benzene rings is 1. The number of likely N-dealkylation sites (tertiary alicyclic amines) is 2. The fraction of sp³-hybridized carbons (Fsp3) is 0.549. The number of likely N-dealkylation sites (N-methyl/N-ethyl adjacent to an activating group) is 1. The van der Waals surface area contributed by atoms with E-state index in [1.54, 1.807) is 35.2 Å². The zero-order chi connectivity index (χ0) is 48.4. The first-order valence-corrected chi connectivity index (χ1v) is 26.0. The van der Waals surface area contributed by atoms with E-state index in [1.165, 1.54) is 17.4 Å². The van der Waals surface area contributed by atoms with Crippen LogP contribution in [-0.2, 0) is 48.0 Å². The fourth-order valence-electron chi connectivity index (χ4n) is 11.4. The number of amides is 4. The van der Waals surface area contributed by atoms with Crippen molar-refractivity contribution in [2.24, 2.45) is 11.3 Å². The lowest BCUT2D eigenvalue weighted by Crippen LogP contribution is -2.71. The van der Waals surface area contributed by atoms with Crippen molar-refractivity contribution >= 4 is 61.4 Å². The molecule has 4 amide bonds. The lowest BCUT2D eigenvalue weighted by atomic mass is 9.84. The molecule has 360 valence electrons. The van der Waals surface area contributed by atoms with Crippen LogP contribution in [-0.4, -0.2) is 138 Å². The van der Waals surface area contributed by atoms with Crippen molar-refractivity contribution in [1.82, 2.24) is 39.7 Å². The summed E-state index contributed by atoms with van der Waals surface area (Å²) < 4.78 is 14.3. The number of Topliss-reactive ketones (excluding diaryl/α,β-unsaturated/α-hetero) is 1. The normalized spacial score (nSPS) is 24.2. The molecule has 2 radical (unpaired) electrons. The van der Waals surface area contributed by atoms with Crippen LogP contribution >= 0.6 is 11.3 Å². The highest BCUT2D eigenvalue weighted by Crippen LogP contribution is 2.62. The number of nitrogens with zero attached hydrogens (tertiary/aromatic N) is 7. The quantitative estimate of drug-likeness (QED) is 0.106. The van der Waals surface area contributed by atoms with E-state index in [4.69, 9.17) is 19.4 Å². The molecule has 2 spiro atoms. The topological polar surface area (TPSA) is 160 Å². The molecule has 6 bridgehead atoms. The summed E-state index contributed by atoms with van der Waals surface area (Å²) in [4.78, 5) is 86.3. The van der Waals surface area contributed by atoms with Crippen LogP contribution < -0.4 is 5.43 Å². The van der Waals surface area contributed by atoms with Gasteiger partial charge in [-0.1, -0.05) is 40.3 Å². The van der Waals surface area contributed by atoms with Crippen molar-refractivity contribution in [2.75, 3.05) is 46.9 Å². The number of pyridine rings is 1. The fourth-order valence-corrected chi connectivity index (χ4v) is 14.0. The Morgan fingerprint density at radius 2 is 1.90 bits per heavy atom. The number of aryl methyl sites for hydroxylation is 1. The number of rotatable bonds is 9. The number of methoxy groups -OCH3 is 1. The Balaban J connectivity index is 1.08. The second-order valence-electron chi connectivity index (χ2n) is 20.6. The number of urea groups is 1. The van der Waals surface area contributed by atoms with E-state index in [0.717, 1.165) is 62.5 Å². The summed E-state index contributed by atoms with van der Waals surface area (Å²) in [5.41, 5.74) is 8.40. The number of ether oxygens (including phenoxy) is 2. The average molecular weight is 961 g/mol. The standard InChI is InChI=1S/C51H64N8O7SSi/c1-10-40(60)56-27-50(28-56)19-14-21-58(50)48(64)55(8)42(30(3)4)44(61)45-51(68-45)25-39-53-37(26-67-39)32-17-18-38-34(23-32)35(43(57(38)11-2)33-15-12-20-52-41(33)31(5)65-9)24-49(6,7)29-66-46(62)36-16-13-22-59(54-36)47(51)63/h10,12,15,17-18,20,23,26,30-31,36,42,45,54H,1,11,13-14,16,19,21-22,24-25,27-29H2,2-9H3/t31-,36-,42-,45?,51-/m0/s1. The van der Waals surface area contributed by atoms with Gasteiger partial charge >= 0.3 is 12.0 Å². The molecule has 5 aliphatic rings. The zero-order valence-electron chi connectivity index (χ0n) is 40.6. The van der Waals surface area contributed by atoms with Gasteiger partial charge in [0, 0.05) is 97.9 Å². The molecule has 17 heteroatoms. The minimum Gasteiger partial charge on any atom is -0.464 e. The van der Waals surface area contributed by atoms with Gasteiger partial charge < -0.3 is 28.7 Å². The number of carbonyl (C=O) groups is 5. The molecule has 15 nitrogen and oxygen atoms in total. The molecule has 5 aliphatic heterocycles. The number of cyclic esters (lactones) is 1. The summed E-state index contributed by atoms with van der Waals surface area (Å²) in [5, 5.41) is 4.27. The number of esters is 1. The third-order valence-corrected chi connectivity index (χ3v) is 17.8. The maximum absolute atomic E-state index is 15.1. The second kappa shape index (κ2) is 18.3. The summed E-state index contributed by atoms with van der Waals surface area (Å²) in [6.45, 7) is 18.5. The largest absolute Gasteiger partial charge is 0.464 e. The number of nitrogens with one attached hydrogen (secondary N) is 1. The van der Waals surface area contributed by atoms with E-state index >= 15 is 9.59 Å². The third-order valence-electron chi connectivity index (χ3n) is 15.0.